The Kier molecular flexibility index (Phi) is 7.91. The van der Waals surface area contributed by atoms with Crippen molar-refractivity contribution in [3.05, 3.63) is 29.6 Å². The molecule has 0 radical (unpaired) electrons. The number of aliphatic imine (C=N–C) groups is 1. The van der Waals surface area contributed by atoms with Gasteiger partial charge in [-0.15, -0.1) is 0 Å². The molecule has 0 saturated carbocycles. The second kappa shape index (κ2) is 10.6. The van der Waals surface area contributed by atoms with Gasteiger partial charge in [-0.2, -0.15) is 0 Å². The molecule has 7 heteroatoms. The van der Waals surface area contributed by atoms with Crippen LogP contribution in [-0.4, -0.2) is 63.0 Å². The summed E-state index contributed by atoms with van der Waals surface area (Å²) in [4.78, 5) is 6.62. The van der Waals surface area contributed by atoms with Crippen LogP contribution in [0.3, 0.4) is 0 Å². The molecular weight excluding hydrogens is 361 g/mol. The van der Waals surface area contributed by atoms with E-state index in [1.54, 1.807) is 13.1 Å². The fraction of sp³-hybridized carbons (Fsp3) is 0.667. The molecule has 1 atom stereocenters. The molecule has 3 rings (SSSR count). The first-order valence-corrected chi connectivity index (χ1v) is 10.3. The van der Waals surface area contributed by atoms with Crippen molar-refractivity contribution < 1.29 is 18.6 Å². The van der Waals surface area contributed by atoms with E-state index in [1.807, 2.05) is 13.0 Å². The number of halogens is 1. The highest BCUT2D eigenvalue weighted by molar-refractivity contribution is 5.79. The Morgan fingerprint density at radius 2 is 2.14 bits per heavy atom. The van der Waals surface area contributed by atoms with Crippen LogP contribution in [0.25, 0.3) is 0 Å². The van der Waals surface area contributed by atoms with E-state index in [4.69, 9.17) is 14.2 Å². The van der Waals surface area contributed by atoms with Gasteiger partial charge in [-0.05, 0) is 50.3 Å². The Labute approximate surface area is 167 Å². The molecule has 0 aliphatic carbocycles. The lowest BCUT2D eigenvalue weighted by Crippen LogP contribution is -2.47. The molecule has 0 bridgehead atoms. The fourth-order valence-electron chi connectivity index (χ4n) is 3.69. The SMILES string of the molecule is CCOc1ccc(CNC(=NC)N2CCC(OCC3CCCO3)CC2)cc1F. The Balaban J connectivity index is 1.42. The third-order valence-electron chi connectivity index (χ3n) is 5.24. The fourth-order valence-corrected chi connectivity index (χ4v) is 3.69. The number of hydrogen-bond donors (Lipinski definition) is 1. The van der Waals surface area contributed by atoms with Gasteiger partial charge in [-0.25, -0.2) is 4.39 Å². The van der Waals surface area contributed by atoms with E-state index >= 15 is 0 Å². The molecule has 2 saturated heterocycles. The summed E-state index contributed by atoms with van der Waals surface area (Å²) in [5, 5.41) is 3.33. The van der Waals surface area contributed by atoms with Crippen LogP contribution in [0.2, 0.25) is 0 Å². The molecule has 156 valence electrons. The molecule has 1 aromatic rings. The topological polar surface area (TPSA) is 55.3 Å². The summed E-state index contributed by atoms with van der Waals surface area (Å²) >= 11 is 0. The van der Waals surface area contributed by atoms with E-state index in [0.29, 0.717) is 31.6 Å². The highest BCUT2D eigenvalue weighted by atomic mass is 19.1. The van der Waals surface area contributed by atoms with Gasteiger partial charge in [-0.3, -0.25) is 4.99 Å². The molecular formula is C21H32FN3O3. The third-order valence-corrected chi connectivity index (χ3v) is 5.24. The summed E-state index contributed by atoms with van der Waals surface area (Å²) in [5.41, 5.74) is 0.858. The van der Waals surface area contributed by atoms with E-state index in [2.05, 4.69) is 15.2 Å². The van der Waals surface area contributed by atoms with Crippen molar-refractivity contribution >= 4 is 5.96 Å². The maximum atomic E-state index is 14.0. The normalized spacial score (nSPS) is 21.2. The zero-order valence-corrected chi connectivity index (χ0v) is 17.0. The van der Waals surface area contributed by atoms with Crippen molar-refractivity contribution in [2.45, 2.75) is 51.4 Å². The first kappa shape index (κ1) is 20.9. The summed E-state index contributed by atoms with van der Waals surface area (Å²) in [6, 6.07) is 5.06. The average Bonchev–Trinajstić information content (AvgIpc) is 3.23. The number of nitrogens with zero attached hydrogens (tertiary/aromatic N) is 2. The van der Waals surface area contributed by atoms with Crippen molar-refractivity contribution in [2.75, 3.05) is 40.0 Å². The van der Waals surface area contributed by atoms with Gasteiger partial charge in [-0.1, -0.05) is 6.07 Å². The first-order chi connectivity index (χ1) is 13.7. The predicted octanol–water partition coefficient (Wildman–Crippen LogP) is 2.96. The van der Waals surface area contributed by atoms with Crippen molar-refractivity contribution in [3.63, 3.8) is 0 Å². The first-order valence-electron chi connectivity index (χ1n) is 10.3. The minimum atomic E-state index is -0.333. The number of hydrogen-bond acceptors (Lipinski definition) is 4. The number of ether oxygens (including phenoxy) is 3. The number of likely N-dealkylation sites (tertiary alicyclic amines) is 1. The monoisotopic (exact) mass is 393 g/mol. The van der Waals surface area contributed by atoms with Crippen LogP contribution in [-0.2, 0) is 16.0 Å². The van der Waals surface area contributed by atoms with Crippen LogP contribution < -0.4 is 10.1 Å². The van der Waals surface area contributed by atoms with Crippen LogP contribution in [0.5, 0.6) is 5.75 Å². The van der Waals surface area contributed by atoms with E-state index in [0.717, 1.165) is 56.9 Å². The van der Waals surface area contributed by atoms with Crippen LogP contribution in [0.4, 0.5) is 4.39 Å². The Morgan fingerprint density at radius 1 is 1.32 bits per heavy atom. The number of piperidine rings is 1. The lowest BCUT2D eigenvalue weighted by Gasteiger charge is -2.34. The molecule has 2 aliphatic rings. The zero-order valence-electron chi connectivity index (χ0n) is 17.0. The quantitative estimate of drug-likeness (QED) is 0.570. The Bertz CT molecular complexity index is 642. The third kappa shape index (κ3) is 5.82. The number of rotatable bonds is 7. The Morgan fingerprint density at radius 3 is 2.79 bits per heavy atom. The van der Waals surface area contributed by atoms with Crippen molar-refractivity contribution in [1.82, 2.24) is 10.2 Å². The number of benzene rings is 1. The molecule has 2 heterocycles. The number of guanidine groups is 1. The number of nitrogens with one attached hydrogen (secondary N) is 1. The lowest BCUT2D eigenvalue weighted by atomic mass is 10.1. The lowest BCUT2D eigenvalue weighted by molar-refractivity contribution is -0.0367. The highest BCUT2D eigenvalue weighted by Crippen LogP contribution is 2.19. The van der Waals surface area contributed by atoms with E-state index in [9.17, 15) is 4.39 Å². The van der Waals surface area contributed by atoms with Crippen LogP contribution >= 0.6 is 0 Å². The molecule has 28 heavy (non-hydrogen) atoms. The van der Waals surface area contributed by atoms with Gasteiger partial charge in [0.15, 0.2) is 17.5 Å². The van der Waals surface area contributed by atoms with Crippen molar-refractivity contribution in [1.29, 1.82) is 0 Å². The van der Waals surface area contributed by atoms with E-state index in [1.165, 1.54) is 6.07 Å². The van der Waals surface area contributed by atoms with Crippen LogP contribution in [0, 0.1) is 5.82 Å². The molecule has 0 aromatic heterocycles. The van der Waals surface area contributed by atoms with E-state index < -0.39 is 0 Å². The summed E-state index contributed by atoms with van der Waals surface area (Å²) in [7, 11) is 1.78. The summed E-state index contributed by atoms with van der Waals surface area (Å²) in [5.74, 6) is 0.799. The zero-order chi connectivity index (χ0) is 19.8. The molecule has 2 aliphatic heterocycles. The molecule has 1 unspecified atom stereocenters. The van der Waals surface area contributed by atoms with Crippen LogP contribution in [0.15, 0.2) is 23.2 Å². The maximum absolute atomic E-state index is 14.0. The van der Waals surface area contributed by atoms with Crippen molar-refractivity contribution in [3.8, 4) is 5.75 Å². The van der Waals surface area contributed by atoms with Gasteiger partial charge < -0.3 is 24.4 Å². The standard InChI is InChI=1S/C21H32FN3O3/c1-3-26-20-7-6-16(13-19(20)22)14-24-21(23-2)25-10-8-17(9-11-25)28-15-18-5-4-12-27-18/h6-7,13,17-18H,3-5,8-12,14-15H2,1-2H3,(H,23,24). The van der Waals surface area contributed by atoms with Gasteiger partial charge in [0.1, 0.15) is 0 Å². The van der Waals surface area contributed by atoms with Gasteiger partial charge in [0.05, 0.1) is 25.4 Å². The summed E-state index contributed by atoms with van der Waals surface area (Å²) in [6.45, 7) is 6.18. The molecule has 6 nitrogen and oxygen atoms in total. The second-order valence-electron chi connectivity index (χ2n) is 7.25. The molecule has 1 N–H and O–H groups in total. The largest absolute Gasteiger partial charge is 0.491 e. The van der Waals surface area contributed by atoms with Gasteiger partial charge in [0, 0.05) is 33.3 Å². The summed E-state index contributed by atoms with van der Waals surface area (Å²) in [6.07, 6.45) is 4.78. The highest BCUT2D eigenvalue weighted by Gasteiger charge is 2.24. The molecule has 0 amide bonds. The molecule has 2 fully saturated rings. The maximum Gasteiger partial charge on any atom is 0.193 e. The molecule has 1 aromatic carbocycles. The Hall–Kier alpha value is -1.86. The summed E-state index contributed by atoms with van der Waals surface area (Å²) < 4.78 is 30.9. The van der Waals surface area contributed by atoms with Gasteiger partial charge in [0.25, 0.3) is 0 Å². The minimum Gasteiger partial charge on any atom is -0.491 e. The average molecular weight is 394 g/mol. The van der Waals surface area contributed by atoms with Gasteiger partial charge in [0.2, 0.25) is 0 Å². The van der Waals surface area contributed by atoms with Crippen LogP contribution in [0.1, 0.15) is 38.2 Å². The molecule has 0 spiro atoms. The minimum absolute atomic E-state index is 0.280. The van der Waals surface area contributed by atoms with Gasteiger partial charge >= 0.3 is 0 Å². The second-order valence-corrected chi connectivity index (χ2v) is 7.25. The predicted molar refractivity (Wildman–Crippen MR) is 107 cm³/mol. The van der Waals surface area contributed by atoms with Crippen molar-refractivity contribution in [2.24, 2.45) is 4.99 Å². The smallest absolute Gasteiger partial charge is 0.193 e. The van der Waals surface area contributed by atoms with E-state index in [-0.39, 0.29) is 11.9 Å².